The minimum atomic E-state index is -0.573. The Morgan fingerprint density at radius 3 is 2.35 bits per heavy atom. The maximum absolute atomic E-state index is 12.2. The van der Waals surface area contributed by atoms with E-state index in [1.165, 1.54) is 0 Å². The van der Waals surface area contributed by atoms with Crippen molar-refractivity contribution in [3.05, 3.63) is 35.7 Å². The van der Waals surface area contributed by atoms with Gasteiger partial charge in [-0.25, -0.2) is 9.97 Å². The van der Waals surface area contributed by atoms with Crippen LogP contribution in [-0.4, -0.2) is 33.1 Å². The Bertz CT molecular complexity index is 624. The third-order valence-electron chi connectivity index (χ3n) is 2.77. The number of carbonyl (C=O) groups excluding carboxylic acids is 1. The Balaban J connectivity index is 2.50. The number of aliphatic hydroxyl groups excluding tert-OH is 1. The van der Waals surface area contributed by atoms with Crippen LogP contribution in [-0.2, 0) is 6.42 Å². The molecule has 0 saturated carbocycles. The van der Waals surface area contributed by atoms with Crippen LogP contribution in [0.15, 0.2) is 24.3 Å². The summed E-state index contributed by atoms with van der Waals surface area (Å²) in [6, 6.07) is 7.42. The number of nitrogens with zero attached hydrogens (tertiary/aromatic N) is 2. The number of nitrogens with one attached hydrogen (secondary N) is 1. The normalized spacial score (nSPS) is 12.7. The molecule has 5 heteroatoms. The summed E-state index contributed by atoms with van der Waals surface area (Å²) >= 11 is 0. The molecule has 0 bridgehead atoms. The SMILES string of the molecule is CC(O)Cc1nc2ccccc2nc1C(=O)NC(C)C. The van der Waals surface area contributed by atoms with Crippen molar-refractivity contribution >= 4 is 16.9 Å². The van der Waals surface area contributed by atoms with Crippen molar-refractivity contribution in [2.24, 2.45) is 0 Å². The highest BCUT2D eigenvalue weighted by atomic mass is 16.3. The Hall–Kier alpha value is -2.01. The maximum Gasteiger partial charge on any atom is 0.272 e. The third-order valence-corrected chi connectivity index (χ3v) is 2.77. The van der Waals surface area contributed by atoms with Gasteiger partial charge >= 0.3 is 0 Å². The Labute approximate surface area is 118 Å². The fourth-order valence-electron chi connectivity index (χ4n) is 1.97. The molecule has 1 amide bonds. The number of benzene rings is 1. The van der Waals surface area contributed by atoms with E-state index in [1.807, 2.05) is 38.1 Å². The van der Waals surface area contributed by atoms with Crippen molar-refractivity contribution in [2.45, 2.75) is 39.3 Å². The van der Waals surface area contributed by atoms with Gasteiger partial charge in [0.1, 0.15) is 5.69 Å². The first-order chi connectivity index (χ1) is 9.47. The molecule has 20 heavy (non-hydrogen) atoms. The lowest BCUT2D eigenvalue weighted by atomic mass is 10.1. The van der Waals surface area contributed by atoms with E-state index in [-0.39, 0.29) is 11.9 Å². The lowest BCUT2D eigenvalue weighted by molar-refractivity contribution is 0.0936. The van der Waals surface area contributed by atoms with Crippen molar-refractivity contribution in [2.75, 3.05) is 0 Å². The second kappa shape index (κ2) is 5.96. The number of amides is 1. The number of aromatic nitrogens is 2. The molecule has 0 aliphatic carbocycles. The summed E-state index contributed by atoms with van der Waals surface area (Å²) in [6.07, 6.45) is -0.269. The van der Waals surface area contributed by atoms with Crippen LogP contribution < -0.4 is 5.32 Å². The molecule has 0 spiro atoms. The summed E-state index contributed by atoms with van der Waals surface area (Å²) in [5, 5.41) is 12.4. The largest absolute Gasteiger partial charge is 0.393 e. The summed E-state index contributed by atoms with van der Waals surface area (Å²) < 4.78 is 0. The molecule has 1 heterocycles. The van der Waals surface area contributed by atoms with Crippen molar-refractivity contribution in [3.63, 3.8) is 0 Å². The number of fused-ring (bicyclic) bond motifs is 1. The van der Waals surface area contributed by atoms with E-state index in [9.17, 15) is 9.90 Å². The smallest absolute Gasteiger partial charge is 0.272 e. The number of rotatable bonds is 4. The highest BCUT2D eigenvalue weighted by molar-refractivity contribution is 5.95. The lowest BCUT2D eigenvalue weighted by Gasteiger charge is -2.13. The second-order valence-corrected chi connectivity index (χ2v) is 5.19. The zero-order valence-electron chi connectivity index (χ0n) is 11.9. The summed E-state index contributed by atoms with van der Waals surface area (Å²) in [6.45, 7) is 5.45. The van der Waals surface area contributed by atoms with Gasteiger partial charge in [-0.1, -0.05) is 12.1 Å². The summed E-state index contributed by atoms with van der Waals surface area (Å²) in [5.41, 5.74) is 2.22. The fourth-order valence-corrected chi connectivity index (χ4v) is 1.97. The lowest BCUT2D eigenvalue weighted by Crippen LogP contribution is -2.32. The molecular formula is C15H19N3O2. The van der Waals surface area contributed by atoms with Crippen LogP contribution in [0.25, 0.3) is 11.0 Å². The summed E-state index contributed by atoms with van der Waals surface area (Å²) in [5.74, 6) is -0.256. The van der Waals surface area contributed by atoms with Gasteiger partial charge in [0.05, 0.1) is 22.8 Å². The minimum Gasteiger partial charge on any atom is -0.393 e. The van der Waals surface area contributed by atoms with Crippen LogP contribution >= 0.6 is 0 Å². The summed E-state index contributed by atoms with van der Waals surface area (Å²) in [4.78, 5) is 21.1. The van der Waals surface area contributed by atoms with Crippen LogP contribution in [0.1, 0.15) is 37.0 Å². The van der Waals surface area contributed by atoms with Gasteiger partial charge in [-0.05, 0) is 32.9 Å². The van der Waals surface area contributed by atoms with Crippen LogP contribution in [0, 0.1) is 0 Å². The molecule has 0 saturated heterocycles. The number of aliphatic hydroxyl groups is 1. The average Bonchev–Trinajstić information content (AvgIpc) is 2.36. The predicted molar refractivity (Wildman–Crippen MR) is 77.5 cm³/mol. The van der Waals surface area contributed by atoms with Crippen LogP contribution in [0.3, 0.4) is 0 Å². The average molecular weight is 273 g/mol. The molecule has 106 valence electrons. The van der Waals surface area contributed by atoms with Gasteiger partial charge in [0.25, 0.3) is 5.91 Å². The molecule has 0 radical (unpaired) electrons. The van der Waals surface area contributed by atoms with E-state index in [1.54, 1.807) is 6.92 Å². The minimum absolute atomic E-state index is 0.0233. The Kier molecular flexibility index (Phi) is 4.29. The predicted octanol–water partition coefficient (Wildman–Crippen LogP) is 1.69. The van der Waals surface area contributed by atoms with Crippen LogP contribution in [0.4, 0.5) is 0 Å². The molecule has 2 N–H and O–H groups in total. The first-order valence-corrected chi connectivity index (χ1v) is 6.72. The number of carbonyl (C=O) groups is 1. The van der Waals surface area contributed by atoms with Gasteiger partial charge in [-0.15, -0.1) is 0 Å². The first kappa shape index (κ1) is 14.4. The Morgan fingerprint density at radius 2 is 1.80 bits per heavy atom. The van der Waals surface area contributed by atoms with Gasteiger partial charge in [0.15, 0.2) is 0 Å². The van der Waals surface area contributed by atoms with E-state index in [0.717, 1.165) is 5.52 Å². The molecule has 1 atom stereocenters. The van der Waals surface area contributed by atoms with Crippen LogP contribution in [0.5, 0.6) is 0 Å². The van der Waals surface area contributed by atoms with E-state index in [4.69, 9.17) is 0 Å². The number of hydrogen-bond donors (Lipinski definition) is 2. The molecule has 1 unspecified atom stereocenters. The topological polar surface area (TPSA) is 75.1 Å². The number of para-hydroxylation sites is 2. The second-order valence-electron chi connectivity index (χ2n) is 5.19. The van der Waals surface area contributed by atoms with E-state index < -0.39 is 6.10 Å². The van der Waals surface area contributed by atoms with E-state index in [0.29, 0.717) is 23.3 Å². The Morgan fingerprint density at radius 1 is 1.20 bits per heavy atom. The zero-order valence-corrected chi connectivity index (χ0v) is 11.9. The van der Waals surface area contributed by atoms with Crippen molar-refractivity contribution in [1.29, 1.82) is 0 Å². The zero-order chi connectivity index (χ0) is 14.7. The number of hydrogen-bond acceptors (Lipinski definition) is 4. The monoisotopic (exact) mass is 273 g/mol. The van der Waals surface area contributed by atoms with Crippen molar-refractivity contribution in [3.8, 4) is 0 Å². The van der Waals surface area contributed by atoms with Crippen LogP contribution in [0.2, 0.25) is 0 Å². The third kappa shape index (κ3) is 3.30. The molecule has 1 aromatic heterocycles. The quantitative estimate of drug-likeness (QED) is 0.889. The molecular weight excluding hydrogens is 254 g/mol. The van der Waals surface area contributed by atoms with Gasteiger partial charge in [0.2, 0.25) is 0 Å². The van der Waals surface area contributed by atoms with Crippen molar-refractivity contribution < 1.29 is 9.90 Å². The van der Waals surface area contributed by atoms with Crippen molar-refractivity contribution in [1.82, 2.24) is 15.3 Å². The van der Waals surface area contributed by atoms with Gasteiger partial charge < -0.3 is 10.4 Å². The van der Waals surface area contributed by atoms with Gasteiger partial charge in [-0.3, -0.25) is 4.79 Å². The van der Waals surface area contributed by atoms with E-state index >= 15 is 0 Å². The van der Waals surface area contributed by atoms with Gasteiger partial charge in [-0.2, -0.15) is 0 Å². The highest BCUT2D eigenvalue weighted by Crippen LogP contribution is 2.14. The molecule has 0 aliphatic rings. The summed E-state index contributed by atoms with van der Waals surface area (Å²) in [7, 11) is 0. The van der Waals surface area contributed by atoms with E-state index in [2.05, 4.69) is 15.3 Å². The fraction of sp³-hybridized carbons (Fsp3) is 0.400. The molecule has 0 aliphatic heterocycles. The standard InChI is InChI=1S/C15H19N3O2/c1-9(2)16-15(20)14-13(8-10(3)19)17-11-6-4-5-7-12(11)18-14/h4-7,9-10,19H,8H2,1-3H3,(H,16,20). The van der Waals surface area contributed by atoms with Gasteiger partial charge in [0, 0.05) is 12.5 Å². The molecule has 2 aromatic rings. The molecule has 0 fully saturated rings. The first-order valence-electron chi connectivity index (χ1n) is 6.72. The molecule has 2 rings (SSSR count). The highest BCUT2D eigenvalue weighted by Gasteiger charge is 2.18. The maximum atomic E-state index is 12.2. The molecule has 1 aromatic carbocycles. The molecule has 5 nitrogen and oxygen atoms in total.